The molecule has 3 atom stereocenters. The quantitative estimate of drug-likeness (QED) is 0.597. The number of hydrogen-bond donors (Lipinski definition) is 3. The molecule has 1 aromatic carbocycles. The second kappa shape index (κ2) is 9.63. The number of carbonyl (C=O) groups is 1. The number of nitrogens with zero attached hydrogens (tertiary/aromatic N) is 1. The Bertz CT molecular complexity index is 928. The highest BCUT2D eigenvalue weighted by Crippen LogP contribution is 2.46. The van der Waals surface area contributed by atoms with E-state index in [1.165, 1.54) is 35.1 Å². The average Bonchev–Trinajstić information content (AvgIpc) is 2.79. The number of piperidine rings is 1. The molecule has 0 aromatic heterocycles. The number of benzene rings is 1. The maximum atomic E-state index is 12.6. The van der Waals surface area contributed by atoms with E-state index in [0.29, 0.717) is 6.54 Å². The SMILES string of the molecule is C=C(N/C=C(\C)c1ccc2c(c1)C(C)(C)CCC2(C)C)C1CCCN(C(=O)C(N)C(C)N)C1. The highest BCUT2D eigenvalue weighted by Gasteiger charge is 2.37. The van der Waals surface area contributed by atoms with Crippen LogP contribution in [0.15, 0.2) is 36.7 Å². The third-order valence-corrected chi connectivity index (χ3v) is 7.86. The van der Waals surface area contributed by atoms with Gasteiger partial charge in [0.05, 0.1) is 6.04 Å². The van der Waals surface area contributed by atoms with Crippen molar-refractivity contribution in [2.24, 2.45) is 17.4 Å². The normalized spacial score (nSPS) is 23.9. The fourth-order valence-corrected chi connectivity index (χ4v) is 5.13. The monoisotopic (exact) mass is 452 g/mol. The van der Waals surface area contributed by atoms with Gasteiger partial charge in [0.2, 0.25) is 5.91 Å². The molecule has 1 aromatic rings. The molecular weight excluding hydrogens is 408 g/mol. The molecule has 0 bridgehead atoms. The number of nitrogens with one attached hydrogen (secondary N) is 1. The van der Waals surface area contributed by atoms with Crippen molar-refractivity contribution in [3.63, 3.8) is 0 Å². The third kappa shape index (κ3) is 5.52. The van der Waals surface area contributed by atoms with Gasteiger partial charge < -0.3 is 21.7 Å². The number of fused-ring (bicyclic) bond motifs is 1. The molecule has 1 aliphatic carbocycles. The van der Waals surface area contributed by atoms with E-state index in [-0.39, 0.29) is 28.7 Å². The topological polar surface area (TPSA) is 84.4 Å². The molecule has 33 heavy (non-hydrogen) atoms. The number of allylic oxidation sites excluding steroid dienone is 1. The van der Waals surface area contributed by atoms with E-state index in [1.807, 2.05) is 4.90 Å². The average molecular weight is 453 g/mol. The first kappa shape index (κ1) is 25.5. The fourth-order valence-electron chi connectivity index (χ4n) is 5.13. The lowest BCUT2D eigenvalue weighted by atomic mass is 9.63. The van der Waals surface area contributed by atoms with Crippen molar-refractivity contribution in [2.75, 3.05) is 13.1 Å². The van der Waals surface area contributed by atoms with Crippen LogP contribution in [0.3, 0.4) is 0 Å². The summed E-state index contributed by atoms with van der Waals surface area (Å²) in [5.41, 5.74) is 18.6. The Hall–Kier alpha value is -2.11. The van der Waals surface area contributed by atoms with E-state index in [0.717, 1.165) is 25.1 Å². The molecule has 2 aliphatic rings. The van der Waals surface area contributed by atoms with Gasteiger partial charge in [0.15, 0.2) is 0 Å². The van der Waals surface area contributed by atoms with E-state index in [2.05, 4.69) is 70.9 Å². The first-order chi connectivity index (χ1) is 15.3. The standard InChI is InChI=1S/C28H44N4O/c1-18(21-10-11-23-24(15-21)28(6,7)13-12-27(23,4)5)16-31-20(3)22-9-8-14-32(17-22)26(33)25(30)19(2)29/h10-11,15-16,19,22,25,31H,3,8-9,12-14,17,29-30H2,1-2,4-7H3/b18-16+. The maximum Gasteiger partial charge on any atom is 0.241 e. The Kier molecular flexibility index (Phi) is 7.45. The van der Waals surface area contributed by atoms with Crippen LogP contribution in [-0.2, 0) is 15.6 Å². The fraction of sp³-hybridized carbons (Fsp3) is 0.607. The van der Waals surface area contributed by atoms with Gasteiger partial charge >= 0.3 is 0 Å². The largest absolute Gasteiger partial charge is 0.365 e. The van der Waals surface area contributed by atoms with Gasteiger partial charge in [0.25, 0.3) is 0 Å². The molecule has 1 aliphatic heterocycles. The lowest BCUT2D eigenvalue weighted by molar-refractivity contribution is -0.134. The lowest BCUT2D eigenvalue weighted by Crippen LogP contribution is -2.54. The van der Waals surface area contributed by atoms with Gasteiger partial charge in [0.1, 0.15) is 0 Å². The minimum absolute atomic E-state index is 0.0613. The molecule has 0 spiro atoms. The highest BCUT2D eigenvalue weighted by molar-refractivity contribution is 5.82. The van der Waals surface area contributed by atoms with Crippen molar-refractivity contribution < 1.29 is 4.79 Å². The van der Waals surface area contributed by atoms with E-state index in [4.69, 9.17) is 11.5 Å². The zero-order chi connectivity index (χ0) is 24.6. The van der Waals surface area contributed by atoms with E-state index < -0.39 is 6.04 Å². The molecule has 3 unspecified atom stereocenters. The second-order valence-electron chi connectivity index (χ2n) is 11.5. The van der Waals surface area contributed by atoms with Crippen molar-refractivity contribution >= 4 is 11.5 Å². The Morgan fingerprint density at radius 3 is 2.45 bits per heavy atom. The first-order valence-corrected chi connectivity index (χ1v) is 12.4. The Balaban J connectivity index is 1.70. The minimum atomic E-state index is -0.648. The summed E-state index contributed by atoms with van der Waals surface area (Å²) in [6.07, 6.45) is 6.44. The maximum absolute atomic E-state index is 12.6. The second-order valence-corrected chi connectivity index (χ2v) is 11.5. The third-order valence-electron chi connectivity index (χ3n) is 7.86. The van der Waals surface area contributed by atoms with Crippen molar-refractivity contribution in [3.05, 3.63) is 53.4 Å². The summed E-state index contributed by atoms with van der Waals surface area (Å²) >= 11 is 0. The zero-order valence-corrected chi connectivity index (χ0v) is 21.5. The Morgan fingerprint density at radius 1 is 1.18 bits per heavy atom. The van der Waals surface area contributed by atoms with Crippen molar-refractivity contribution in [3.8, 4) is 0 Å². The number of amides is 1. The van der Waals surface area contributed by atoms with Gasteiger partial charge in [-0.25, -0.2) is 0 Å². The van der Waals surface area contributed by atoms with Crippen LogP contribution in [0.2, 0.25) is 0 Å². The molecule has 5 heteroatoms. The number of likely N-dealkylation sites (tertiary alicyclic amines) is 1. The Labute approximate surface area is 200 Å². The van der Waals surface area contributed by atoms with Gasteiger partial charge in [-0.1, -0.05) is 52.5 Å². The van der Waals surface area contributed by atoms with E-state index >= 15 is 0 Å². The molecule has 5 N–H and O–H groups in total. The number of carbonyl (C=O) groups excluding carboxylic acids is 1. The summed E-state index contributed by atoms with van der Waals surface area (Å²) in [4.78, 5) is 14.5. The summed E-state index contributed by atoms with van der Waals surface area (Å²) in [6, 6.07) is 5.95. The molecule has 3 rings (SSSR count). The van der Waals surface area contributed by atoms with Gasteiger partial charge in [-0.3, -0.25) is 4.79 Å². The lowest BCUT2D eigenvalue weighted by Gasteiger charge is -2.42. The molecule has 1 amide bonds. The van der Waals surface area contributed by atoms with Crippen molar-refractivity contribution in [2.45, 2.75) is 90.1 Å². The molecule has 1 heterocycles. The van der Waals surface area contributed by atoms with Gasteiger partial charge in [-0.05, 0) is 72.6 Å². The summed E-state index contributed by atoms with van der Waals surface area (Å²) in [5, 5.41) is 3.43. The smallest absolute Gasteiger partial charge is 0.241 e. The van der Waals surface area contributed by atoms with Crippen LogP contribution in [-0.4, -0.2) is 36.0 Å². The molecule has 1 saturated heterocycles. The van der Waals surface area contributed by atoms with Crippen LogP contribution in [0.4, 0.5) is 0 Å². The van der Waals surface area contributed by atoms with Gasteiger partial charge in [-0.2, -0.15) is 0 Å². The van der Waals surface area contributed by atoms with Crippen LogP contribution < -0.4 is 16.8 Å². The highest BCUT2D eigenvalue weighted by atomic mass is 16.2. The van der Waals surface area contributed by atoms with E-state index in [1.54, 1.807) is 6.92 Å². The van der Waals surface area contributed by atoms with Crippen LogP contribution in [0.25, 0.3) is 5.57 Å². The zero-order valence-electron chi connectivity index (χ0n) is 21.5. The van der Waals surface area contributed by atoms with Crippen LogP contribution in [0, 0.1) is 5.92 Å². The minimum Gasteiger partial charge on any atom is -0.365 e. The van der Waals surface area contributed by atoms with Crippen LogP contribution in [0.5, 0.6) is 0 Å². The van der Waals surface area contributed by atoms with Crippen molar-refractivity contribution in [1.82, 2.24) is 10.2 Å². The summed E-state index contributed by atoms with van der Waals surface area (Å²) in [7, 11) is 0. The van der Waals surface area contributed by atoms with Crippen molar-refractivity contribution in [1.29, 1.82) is 0 Å². The Morgan fingerprint density at radius 2 is 1.82 bits per heavy atom. The molecule has 0 radical (unpaired) electrons. The number of hydrogen-bond acceptors (Lipinski definition) is 4. The predicted octanol–water partition coefficient (Wildman–Crippen LogP) is 4.41. The van der Waals surface area contributed by atoms with Crippen LogP contribution in [0.1, 0.15) is 83.9 Å². The van der Waals surface area contributed by atoms with E-state index in [9.17, 15) is 4.79 Å². The molecule has 5 nitrogen and oxygen atoms in total. The number of rotatable bonds is 6. The summed E-state index contributed by atoms with van der Waals surface area (Å²) in [6.45, 7) is 19.0. The molecule has 0 saturated carbocycles. The van der Waals surface area contributed by atoms with Gasteiger partial charge in [-0.15, -0.1) is 0 Å². The predicted molar refractivity (Wildman–Crippen MR) is 139 cm³/mol. The molecular formula is C28H44N4O. The number of nitrogens with two attached hydrogens (primary N) is 2. The van der Waals surface area contributed by atoms with Crippen LogP contribution >= 0.6 is 0 Å². The molecule has 1 fully saturated rings. The summed E-state index contributed by atoms with van der Waals surface area (Å²) in [5.74, 6) is 0.143. The molecule has 182 valence electrons. The summed E-state index contributed by atoms with van der Waals surface area (Å²) < 4.78 is 0. The van der Waals surface area contributed by atoms with Gasteiger partial charge in [0, 0.05) is 36.9 Å². The first-order valence-electron chi connectivity index (χ1n) is 12.4.